The highest BCUT2D eigenvalue weighted by Gasteiger charge is 2.22. The van der Waals surface area contributed by atoms with E-state index in [1.54, 1.807) is 0 Å². The number of fused-ring (bicyclic) bond motifs is 1. The third-order valence-electron chi connectivity index (χ3n) is 4.37. The van der Waals surface area contributed by atoms with Crippen molar-refractivity contribution in [3.63, 3.8) is 0 Å². The molecule has 0 spiro atoms. The van der Waals surface area contributed by atoms with Gasteiger partial charge in [-0.15, -0.1) is 12.4 Å². The zero-order chi connectivity index (χ0) is 17.5. The van der Waals surface area contributed by atoms with Gasteiger partial charge in [0.15, 0.2) is 0 Å². The van der Waals surface area contributed by atoms with Crippen LogP contribution < -0.4 is 16.2 Å². The summed E-state index contributed by atoms with van der Waals surface area (Å²) < 4.78 is 6.22. The van der Waals surface area contributed by atoms with E-state index in [4.69, 9.17) is 25.8 Å². The first-order chi connectivity index (χ1) is 11.6. The second kappa shape index (κ2) is 9.99. The number of ether oxygens (including phenoxy) is 1. The number of benzene rings is 1. The number of hydrogen-bond acceptors (Lipinski definition) is 6. The van der Waals surface area contributed by atoms with Gasteiger partial charge in [0.25, 0.3) is 0 Å². The van der Waals surface area contributed by atoms with Crippen LogP contribution in [0.3, 0.4) is 0 Å². The lowest BCUT2D eigenvalue weighted by molar-refractivity contribution is -0.191. The Kier molecular flexibility index (Phi) is 8.35. The Labute approximate surface area is 153 Å². The molecule has 3 rings (SSSR count). The summed E-state index contributed by atoms with van der Waals surface area (Å²) in [5, 5.41) is 0.934. The molecule has 2 aromatic rings. The molecular weight excluding hydrogens is 342 g/mol. The average Bonchev–Trinajstić information content (AvgIpc) is 2.56. The predicted octanol–water partition coefficient (Wildman–Crippen LogP) is 2.86. The zero-order valence-corrected chi connectivity index (χ0v) is 15.1. The summed E-state index contributed by atoms with van der Waals surface area (Å²) in [5.74, 6) is 1.51. The molecule has 1 aliphatic carbocycles. The van der Waals surface area contributed by atoms with Crippen molar-refractivity contribution in [3.05, 3.63) is 30.0 Å². The van der Waals surface area contributed by atoms with Crippen molar-refractivity contribution < 1.29 is 14.3 Å². The van der Waals surface area contributed by atoms with Gasteiger partial charge in [0.2, 0.25) is 0 Å². The van der Waals surface area contributed by atoms with E-state index in [0.29, 0.717) is 5.92 Å². The van der Waals surface area contributed by atoms with Crippen LogP contribution in [0, 0.1) is 12.8 Å². The number of carbonyl (C=O) groups excluding carboxylic acids is 2. The first-order valence-electron chi connectivity index (χ1n) is 8.10. The largest absolute Gasteiger partial charge is 0.490 e. The topological polar surface area (TPSA) is 108 Å². The van der Waals surface area contributed by atoms with Crippen molar-refractivity contribution in [1.29, 1.82) is 0 Å². The molecule has 7 heteroatoms. The Balaban J connectivity index is 0.000000730. The molecule has 0 atom stereocenters. The van der Waals surface area contributed by atoms with Crippen molar-refractivity contribution in [2.45, 2.75) is 38.7 Å². The fourth-order valence-electron chi connectivity index (χ4n) is 3.19. The van der Waals surface area contributed by atoms with E-state index in [1.165, 1.54) is 0 Å². The molecule has 25 heavy (non-hydrogen) atoms. The fourth-order valence-corrected chi connectivity index (χ4v) is 3.19. The minimum absolute atomic E-state index is 0. The summed E-state index contributed by atoms with van der Waals surface area (Å²) in [6, 6.07) is 7.86. The number of nitrogens with zero attached hydrogens (tertiary/aromatic N) is 1. The molecule has 0 amide bonds. The van der Waals surface area contributed by atoms with Gasteiger partial charge in [0, 0.05) is 11.4 Å². The highest BCUT2D eigenvalue weighted by Crippen LogP contribution is 2.33. The Bertz CT molecular complexity index is 725. The van der Waals surface area contributed by atoms with Crippen LogP contribution >= 0.6 is 12.4 Å². The van der Waals surface area contributed by atoms with Gasteiger partial charge in [-0.1, -0.05) is 6.07 Å². The van der Waals surface area contributed by atoms with Crippen LogP contribution in [0.5, 0.6) is 5.75 Å². The molecule has 136 valence electrons. The zero-order valence-electron chi connectivity index (χ0n) is 14.2. The van der Waals surface area contributed by atoms with Gasteiger partial charge < -0.3 is 16.2 Å². The lowest BCUT2D eigenvalue weighted by atomic mass is 9.87. The highest BCUT2D eigenvalue weighted by molar-refractivity contribution is 5.95. The molecule has 1 aliphatic rings. The van der Waals surface area contributed by atoms with E-state index in [9.17, 15) is 0 Å². The molecule has 4 N–H and O–H groups in total. The molecule has 0 unspecified atom stereocenters. The van der Waals surface area contributed by atoms with E-state index < -0.39 is 0 Å². The van der Waals surface area contributed by atoms with Crippen LogP contribution in [0.4, 0.5) is 5.69 Å². The maximum atomic E-state index is 8.12. The molecule has 0 bridgehead atoms. The maximum absolute atomic E-state index is 8.12. The molecule has 1 fully saturated rings. The number of nitrogen functional groups attached to an aromatic ring is 1. The van der Waals surface area contributed by atoms with Crippen molar-refractivity contribution in [2.24, 2.45) is 11.7 Å². The molecule has 0 aliphatic heterocycles. The van der Waals surface area contributed by atoms with Gasteiger partial charge in [-0.3, -0.25) is 4.98 Å². The smallest absolute Gasteiger partial charge is 0.373 e. The minimum atomic E-state index is 0. The van der Waals surface area contributed by atoms with E-state index in [-0.39, 0.29) is 24.7 Å². The van der Waals surface area contributed by atoms with Gasteiger partial charge in [-0.05, 0) is 63.3 Å². The summed E-state index contributed by atoms with van der Waals surface area (Å²) >= 11 is 0. The number of aromatic nitrogens is 1. The van der Waals surface area contributed by atoms with Crippen molar-refractivity contribution in [2.75, 3.05) is 12.3 Å². The third-order valence-corrected chi connectivity index (χ3v) is 4.37. The van der Waals surface area contributed by atoms with Gasteiger partial charge in [0.05, 0.1) is 17.0 Å². The third kappa shape index (κ3) is 5.43. The fraction of sp³-hybridized carbons (Fsp3) is 0.444. The summed E-state index contributed by atoms with van der Waals surface area (Å²) in [4.78, 5) is 20.8. The second-order valence-corrected chi connectivity index (χ2v) is 6.08. The predicted molar refractivity (Wildman–Crippen MR) is 98.6 cm³/mol. The molecule has 1 saturated carbocycles. The summed E-state index contributed by atoms with van der Waals surface area (Å²) in [6.07, 6.45) is 4.95. The summed E-state index contributed by atoms with van der Waals surface area (Å²) in [7, 11) is 0. The lowest BCUT2D eigenvalue weighted by Crippen LogP contribution is -2.27. The van der Waals surface area contributed by atoms with E-state index in [2.05, 4.69) is 4.98 Å². The summed E-state index contributed by atoms with van der Waals surface area (Å²) in [6.45, 7) is 2.74. The first-order valence-corrected chi connectivity index (χ1v) is 8.10. The molecule has 1 aromatic heterocycles. The standard InChI is InChI=1S/C17H23N3O.CO2.ClH/c1-11-9-14(19)17-15(20-11)3-2-4-16(17)21-13-7-5-12(10-18)6-8-13;2-1-3;/h2-4,9,12-13H,5-8,10,18H2,1H3,(H2,19,20);;1H. The monoisotopic (exact) mass is 365 g/mol. The number of nitrogens with two attached hydrogens (primary N) is 2. The Hall–Kier alpha value is -2.14. The molecule has 1 aromatic carbocycles. The average molecular weight is 366 g/mol. The molecular formula is C18H24ClN3O3. The second-order valence-electron chi connectivity index (χ2n) is 6.08. The van der Waals surface area contributed by atoms with Crippen LogP contribution in [0.1, 0.15) is 31.4 Å². The van der Waals surface area contributed by atoms with Crippen LogP contribution in [0.25, 0.3) is 10.9 Å². The molecule has 0 radical (unpaired) electrons. The molecule has 6 nitrogen and oxygen atoms in total. The highest BCUT2D eigenvalue weighted by atomic mass is 35.5. The molecule has 1 heterocycles. The number of hydrogen-bond donors (Lipinski definition) is 2. The Morgan fingerprint density at radius 2 is 1.88 bits per heavy atom. The Morgan fingerprint density at radius 1 is 1.24 bits per heavy atom. The van der Waals surface area contributed by atoms with Crippen LogP contribution in [0.2, 0.25) is 0 Å². The number of pyridine rings is 1. The van der Waals surface area contributed by atoms with E-state index in [1.807, 2.05) is 31.2 Å². The van der Waals surface area contributed by atoms with Gasteiger partial charge >= 0.3 is 6.15 Å². The number of anilines is 1. The van der Waals surface area contributed by atoms with Crippen molar-refractivity contribution >= 4 is 35.1 Å². The maximum Gasteiger partial charge on any atom is 0.373 e. The SMILES string of the molecule is Cc1cc(N)c2c(OC3CCC(CN)CC3)cccc2n1.Cl.O=C=O. The van der Waals surface area contributed by atoms with E-state index in [0.717, 1.165) is 60.3 Å². The van der Waals surface area contributed by atoms with E-state index >= 15 is 0 Å². The Morgan fingerprint density at radius 3 is 2.48 bits per heavy atom. The lowest BCUT2D eigenvalue weighted by Gasteiger charge is -2.28. The normalized spacial score (nSPS) is 19.1. The van der Waals surface area contributed by atoms with Crippen LogP contribution in [-0.4, -0.2) is 23.8 Å². The van der Waals surface area contributed by atoms with Crippen LogP contribution in [0.15, 0.2) is 24.3 Å². The van der Waals surface area contributed by atoms with Crippen LogP contribution in [-0.2, 0) is 9.59 Å². The minimum Gasteiger partial charge on any atom is -0.490 e. The van der Waals surface area contributed by atoms with Gasteiger partial charge in [0.1, 0.15) is 5.75 Å². The van der Waals surface area contributed by atoms with Gasteiger partial charge in [-0.2, -0.15) is 9.59 Å². The molecule has 0 saturated heterocycles. The van der Waals surface area contributed by atoms with Gasteiger partial charge in [-0.25, -0.2) is 0 Å². The van der Waals surface area contributed by atoms with Crippen molar-refractivity contribution in [3.8, 4) is 5.75 Å². The van der Waals surface area contributed by atoms with Crippen molar-refractivity contribution in [1.82, 2.24) is 4.98 Å². The first kappa shape index (κ1) is 20.9. The summed E-state index contributed by atoms with van der Waals surface area (Å²) in [5.41, 5.74) is 14.5. The number of aryl methyl sites for hydroxylation is 1. The quantitative estimate of drug-likeness (QED) is 0.865. The number of rotatable bonds is 3. The number of halogens is 1.